The molecule has 0 fully saturated rings. The molecule has 0 unspecified atom stereocenters. The molecule has 0 aliphatic carbocycles. The summed E-state index contributed by atoms with van der Waals surface area (Å²) in [6, 6.07) is 14.2. The van der Waals surface area contributed by atoms with Gasteiger partial charge < -0.3 is 5.32 Å². The van der Waals surface area contributed by atoms with E-state index in [4.69, 9.17) is 16.9 Å². The number of carbonyl (C=O) groups excluding carboxylic acids is 2. The van der Waals surface area contributed by atoms with Gasteiger partial charge in [-0.2, -0.15) is 5.26 Å². The Labute approximate surface area is 172 Å². The van der Waals surface area contributed by atoms with Gasteiger partial charge in [0.1, 0.15) is 12.6 Å². The average Bonchev–Trinajstić information content (AvgIpc) is 3.03. The van der Waals surface area contributed by atoms with E-state index in [1.165, 1.54) is 22.7 Å². The number of nitrogens with one attached hydrogen (secondary N) is 1. The lowest BCUT2D eigenvalue weighted by Gasteiger charge is -2.20. The lowest BCUT2D eigenvalue weighted by molar-refractivity contribution is -0.116. The number of nitrogens with zero attached hydrogens (tertiary/aromatic N) is 3. The van der Waals surface area contributed by atoms with Crippen LogP contribution in [-0.2, 0) is 9.59 Å². The molecule has 0 radical (unpaired) electrons. The highest BCUT2D eigenvalue weighted by Gasteiger charge is 2.30. The lowest BCUT2D eigenvalue weighted by atomic mass is 10.2. The third-order valence-electron chi connectivity index (χ3n) is 4.09. The van der Waals surface area contributed by atoms with Gasteiger partial charge in [-0.15, -0.1) is 0 Å². The number of amidine groups is 1. The van der Waals surface area contributed by atoms with E-state index in [9.17, 15) is 9.59 Å². The van der Waals surface area contributed by atoms with Crippen molar-refractivity contribution in [1.29, 1.82) is 5.26 Å². The molecule has 0 saturated heterocycles. The Bertz CT molecular complexity index is 998. The van der Waals surface area contributed by atoms with Gasteiger partial charge >= 0.3 is 0 Å². The maximum Gasteiger partial charge on any atom is 0.254 e. The van der Waals surface area contributed by atoms with E-state index in [0.717, 1.165) is 11.3 Å². The van der Waals surface area contributed by atoms with Crippen LogP contribution in [0.2, 0.25) is 5.02 Å². The molecule has 8 heteroatoms. The summed E-state index contributed by atoms with van der Waals surface area (Å²) in [5.74, 6) is -0.380. The quantitative estimate of drug-likeness (QED) is 0.822. The molecule has 6 nitrogen and oxygen atoms in total. The number of benzene rings is 2. The minimum atomic E-state index is -0.494. The lowest BCUT2D eigenvalue weighted by Crippen LogP contribution is -2.33. The second kappa shape index (κ2) is 8.46. The van der Waals surface area contributed by atoms with Crippen molar-refractivity contribution in [2.45, 2.75) is 19.1 Å². The molecule has 2 aromatic rings. The zero-order valence-electron chi connectivity index (χ0n) is 15.3. The van der Waals surface area contributed by atoms with Gasteiger partial charge in [0.15, 0.2) is 5.17 Å². The summed E-state index contributed by atoms with van der Waals surface area (Å²) in [6.45, 7) is 3.78. The maximum atomic E-state index is 12.5. The van der Waals surface area contributed by atoms with Crippen molar-refractivity contribution in [2.24, 2.45) is 4.99 Å². The summed E-state index contributed by atoms with van der Waals surface area (Å²) >= 11 is 7.22. The molecule has 142 valence electrons. The van der Waals surface area contributed by atoms with Gasteiger partial charge in [0.2, 0.25) is 5.91 Å². The highest BCUT2D eigenvalue weighted by atomic mass is 35.5. The average molecular weight is 413 g/mol. The Morgan fingerprint density at radius 2 is 2.04 bits per heavy atom. The van der Waals surface area contributed by atoms with Crippen LogP contribution in [0.25, 0.3) is 0 Å². The van der Waals surface area contributed by atoms with E-state index in [1.54, 1.807) is 19.1 Å². The van der Waals surface area contributed by atoms with Crippen molar-refractivity contribution >= 4 is 51.7 Å². The Kier molecular flexibility index (Phi) is 6.02. The van der Waals surface area contributed by atoms with Crippen LogP contribution in [0.15, 0.2) is 47.5 Å². The van der Waals surface area contributed by atoms with E-state index < -0.39 is 5.25 Å². The first-order chi connectivity index (χ1) is 13.4. The van der Waals surface area contributed by atoms with Crippen molar-refractivity contribution in [3.63, 3.8) is 0 Å². The molecule has 1 aliphatic heterocycles. The van der Waals surface area contributed by atoms with Gasteiger partial charge in [-0.25, -0.2) is 0 Å². The molecule has 3 rings (SSSR count). The van der Waals surface area contributed by atoms with Crippen LogP contribution >= 0.6 is 23.4 Å². The zero-order chi connectivity index (χ0) is 20.3. The molecule has 28 heavy (non-hydrogen) atoms. The number of halogens is 1. The molecule has 0 bridgehead atoms. The molecule has 1 aliphatic rings. The molecule has 0 aromatic heterocycles. The Morgan fingerprint density at radius 1 is 1.32 bits per heavy atom. The van der Waals surface area contributed by atoms with E-state index in [1.807, 2.05) is 37.3 Å². The topological polar surface area (TPSA) is 85.6 Å². The van der Waals surface area contributed by atoms with Gasteiger partial charge in [-0.1, -0.05) is 41.1 Å². The van der Waals surface area contributed by atoms with E-state index in [2.05, 4.69) is 10.3 Å². The molecule has 1 heterocycles. The number of aliphatic imine (C=N–C) groups is 1. The molecule has 2 amide bonds. The number of aryl methyl sites for hydroxylation is 1. The van der Waals surface area contributed by atoms with E-state index in [0.29, 0.717) is 16.4 Å². The van der Waals surface area contributed by atoms with Gasteiger partial charge in [-0.3, -0.25) is 19.5 Å². The SMILES string of the molecule is Cc1ccc(N2C(=O)CN=C2S[C@H](C)C(=O)Nc2ccc(C#N)c(Cl)c2)cc1. The van der Waals surface area contributed by atoms with Crippen LogP contribution in [0.3, 0.4) is 0 Å². The number of rotatable bonds is 4. The summed E-state index contributed by atoms with van der Waals surface area (Å²) in [6.07, 6.45) is 0. The highest BCUT2D eigenvalue weighted by Crippen LogP contribution is 2.27. The largest absolute Gasteiger partial charge is 0.325 e. The number of nitriles is 1. The predicted molar refractivity (Wildman–Crippen MR) is 113 cm³/mol. The standard InChI is InChI=1S/C20H17ClN4O2S/c1-12-3-7-16(8-4-12)25-18(26)11-23-20(25)28-13(2)19(27)24-15-6-5-14(10-22)17(21)9-15/h3-9,13H,11H2,1-2H3,(H,24,27)/t13-/m1/s1. The monoisotopic (exact) mass is 412 g/mol. The second-order valence-electron chi connectivity index (χ2n) is 6.22. The van der Waals surface area contributed by atoms with Crippen LogP contribution < -0.4 is 10.2 Å². The first kappa shape index (κ1) is 19.9. The fourth-order valence-corrected chi connectivity index (χ4v) is 3.72. The minimum absolute atomic E-state index is 0.0653. The van der Waals surface area contributed by atoms with Gasteiger partial charge in [0.05, 0.1) is 21.5 Å². The summed E-state index contributed by atoms with van der Waals surface area (Å²) in [5, 5.41) is 12.0. The zero-order valence-corrected chi connectivity index (χ0v) is 16.8. The number of hydrogen-bond acceptors (Lipinski definition) is 5. The molecule has 0 spiro atoms. The molecule has 1 atom stereocenters. The number of amides is 2. The van der Waals surface area contributed by atoms with Gasteiger partial charge in [0, 0.05) is 5.69 Å². The number of anilines is 2. The van der Waals surface area contributed by atoms with Gasteiger partial charge in [0.25, 0.3) is 5.91 Å². The van der Waals surface area contributed by atoms with Crippen LogP contribution in [0.4, 0.5) is 11.4 Å². The fraction of sp³-hybridized carbons (Fsp3) is 0.200. The van der Waals surface area contributed by atoms with Crippen molar-refractivity contribution in [3.05, 3.63) is 58.6 Å². The summed E-state index contributed by atoms with van der Waals surface area (Å²) in [4.78, 5) is 30.6. The van der Waals surface area contributed by atoms with Crippen molar-refractivity contribution in [1.82, 2.24) is 0 Å². The van der Waals surface area contributed by atoms with E-state index in [-0.39, 0.29) is 23.4 Å². The number of carbonyl (C=O) groups is 2. The molecule has 0 saturated carbocycles. The van der Waals surface area contributed by atoms with Crippen LogP contribution in [0.1, 0.15) is 18.1 Å². The van der Waals surface area contributed by atoms with Crippen LogP contribution in [-0.4, -0.2) is 28.8 Å². The Morgan fingerprint density at radius 3 is 2.68 bits per heavy atom. The minimum Gasteiger partial charge on any atom is -0.325 e. The van der Waals surface area contributed by atoms with Crippen LogP contribution in [0, 0.1) is 18.3 Å². The summed E-state index contributed by atoms with van der Waals surface area (Å²) < 4.78 is 0. The normalized spacial score (nSPS) is 14.4. The maximum absolute atomic E-state index is 12.5. The molecular weight excluding hydrogens is 396 g/mol. The van der Waals surface area contributed by atoms with E-state index >= 15 is 0 Å². The third kappa shape index (κ3) is 4.35. The number of hydrogen-bond donors (Lipinski definition) is 1. The third-order valence-corrected chi connectivity index (χ3v) is 5.49. The number of thioether (sulfide) groups is 1. The van der Waals surface area contributed by atoms with Crippen molar-refractivity contribution in [2.75, 3.05) is 16.8 Å². The first-order valence-electron chi connectivity index (χ1n) is 8.50. The van der Waals surface area contributed by atoms with Crippen molar-refractivity contribution in [3.8, 4) is 6.07 Å². The predicted octanol–water partition coefficient (Wildman–Crippen LogP) is 3.98. The smallest absolute Gasteiger partial charge is 0.254 e. The molecule has 1 N–H and O–H groups in total. The Balaban J connectivity index is 1.69. The fourth-order valence-electron chi connectivity index (χ4n) is 2.56. The molecule has 2 aromatic carbocycles. The summed E-state index contributed by atoms with van der Waals surface area (Å²) in [7, 11) is 0. The van der Waals surface area contributed by atoms with Gasteiger partial charge in [-0.05, 0) is 44.2 Å². The Hall–Kier alpha value is -2.82. The highest BCUT2D eigenvalue weighted by molar-refractivity contribution is 8.15. The summed E-state index contributed by atoms with van der Waals surface area (Å²) in [5.41, 5.74) is 2.66. The van der Waals surface area contributed by atoms with Crippen LogP contribution in [0.5, 0.6) is 0 Å². The first-order valence-corrected chi connectivity index (χ1v) is 9.76. The molecular formula is C20H17ClN4O2S. The second-order valence-corrected chi connectivity index (χ2v) is 7.93. The van der Waals surface area contributed by atoms with Crippen molar-refractivity contribution < 1.29 is 9.59 Å².